The Labute approximate surface area is 109 Å². The van der Waals surface area contributed by atoms with E-state index < -0.39 is 0 Å². The van der Waals surface area contributed by atoms with Gasteiger partial charge in [-0.2, -0.15) is 0 Å². The monoisotopic (exact) mass is 247 g/mol. The van der Waals surface area contributed by atoms with E-state index in [-0.39, 0.29) is 11.8 Å². The van der Waals surface area contributed by atoms with Crippen LogP contribution < -0.4 is 10.1 Å². The van der Waals surface area contributed by atoms with Gasteiger partial charge in [0, 0.05) is 5.56 Å². The summed E-state index contributed by atoms with van der Waals surface area (Å²) in [6.45, 7) is 7.53. The minimum atomic E-state index is 0.000318. The summed E-state index contributed by atoms with van der Waals surface area (Å²) in [5.41, 5.74) is 2.88. The maximum Gasteiger partial charge on any atom is 0.180 e. The maximum atomic E-state index is 12.5. The Morgan fingerprint density at radius 1 is 1.39 bits per heavy atom. The van der Waals surface area contributed by atoms with Crippen LogP contribution in [0.1, 0.15) is 41.3 Å². The molecule has 0 aliphatic carbocycles. The molecule has 1 atom stereocenters. The third-order valence-corrected chi connectivity index (χ3v) is 3.44. The SMILES string of the molecule is CCOc1cc(C)c(C(=O)C2CCCN2)c(C)c1. The van der Waals surface area contributed by atoms with Gasteiger partial charge in [0.15, 0.2) is 5.78 Å². The summed E-state index contributed by atoms with van der Waals surface area (Å²) in [5, 5.41) is 3.27. The van der Waals surface area contributed by atoms with Crippen molar-refractivity contribution < 1.29 is 9.53 Å². The Morgan fingerprint density at radius 3 is 2.56 bits per heavy atom. The average molecular weight is 247 g/mol. The molecule has 1 unspecified atom stereocenters. The number of nitrogens with one attached hydrogen (secondary N) is 1. The Hall–Kier alpha value is -1.35. The van der Waals surface area contributed by atoms with Crippen molar-refractivity contribution in [3.05, 3.63) is 28.8 Å². The standard InChI is InChI=1S/C15H21NO2/c1-4-18-12-8-10(2)14(11(3)9-12)15(17)13-6-5-7-16-13/h8-9,13,16H,4-7H2,1-3H3. The van der Waals surface area contributed by atoms with Gasteiger partial charge in [-0.25, -0.2) is 0 Å². The van der Waals surface area contributed by atoms with Gasteiger partial charge >= 0.3 is 0 Å². The van der Waals surface area contributed by atoms with Gasteiger partial charge in [0.2, 0.25) is 0 Å². The van der Waals surface area contributed by atoms with Crippen LogP contribution in [0.15, 0.2) is 12.1 Å². The van der Waals surface area contributed by atoms with E-state index in [0.717, 1.165) is 41.8 Å². The van der Waals surface area contributed by atoms with Crippen molar-refractivity contribution >= 4 is 5.78 Å². The van der Waals surface area contributed by atoms with Crippen LogP contribution >= 0.6 is 0 Å². The van der Waals surface area contributed by atoms with E-state index in [1.165, 1.54) is 0 Å². The highest BCUT2D eigenvalue weighted by Crippen LogP contribution is 2.24. The van der Waals surface area contributed by atoms with Crippen LogP contribution in [0.4, 0.5) is 0 Å². The van der Waals surface area contributed by atoms with Crippen LogP contribution in [-0.2, 0) is 0 Å². The predicted molar refractivity (Wildman–Crippen MR) is 72.4 cm³/mol. The average Bonchev–Trinajstić information content (AvgIpc) is 2.81. The minimum absolute atomic E-state index is 0.000318. The number of hydrogen-bond donors (Lipinski definition) is 1. The first kappa shape index (κ1) is 13.1. The van der Waals surface area contributed by atoms with Crippen molar-refractivity contribution in [1.82, 2.24) is 5.32 Å². The number of aryl methyl sites for hydroxylation is 2. The fraction of sp³-hybridized carbons (Fsp3) is 0.533. The second kappa shape index (κ2) is 5.53. The molecule has 1 aromatic carbocycles. The molecule has 18 heavy (non-hydrogen) atoms. The summed E-state index contributed by atoms with van der Waals surface area (Å²) in [6.07, 6.45) is 2.04. The van der Waals surface area contributed by atoms with Crippen LogP contribution in [0.3, 0.4) is 0 Å². The van der Waals surface area contributed by atoms with Crippen LogP contribution in [0.25, 0.3) is 0 Å². The number of ether oxygens (including phenoxy) is 1. The second-order valence-corrected chi connectivity index (χ2v) is 4.88. The van der Waals surface area contributed by atoms with Gasteiger partial charge in [-0.3, -0.25) is 4.79 Å². The number of ketones is 1. The van der Waals surface area contributed by atoms with E-state index in [1.54, 1.807) is 0 Å². The molecule has 0 spiro atoms. The largest absolute Gasteiger partial charge is 0.494 e. The molecule has 1 aliphatic heterocycles. The number of carbonyl (C=O) groups excluding carboxylic acids is 1. The summed E-state index contributed by atoms with van der Waals surface area (Å²) >= 11 is 0. The van der Waals surface area contributed by atoms with Gasteiger partial charge < -0.3 is 10.1 Å². The normalized spacial score (nSPS) is 18.9. The molecule has 1 saturated heterocycles. The lowest BCUT2D eigenvalue weighted by atomic mass is 9.94. The van der Waals surface area contributed by atoms with Crippen molar-refractivity contribution in [2.75, 3.05) is 13.2 Å². The highest BCUT2D eigenvalue weighted by molar-refractivity contribution is 6.02. The molecule has 0 aromatic heterocycles. The number of Topliss-reactive ketones (excluding diaryl/α,β-unsaturated/α-hetero) is 1. The number of hydrogen-bond acceptors (Lipinski definition) is 3. The lowest BCUT2D eigenvalue weighted by molar-refractivity contribution is 0.0951. The van der Waals surface area contributed by atoms with E-state index in [1.807, 2.05) is 32.9 Å². The van der Waals surface area contributed by atoms with Crippen LogP contribution in [0.5, 0.6) is 5.75 Å². The van der Waals surface area contributed by atoms with Crippen LogP contribution in [0, 0.1) is 13.8 Å². The number of carbonyl (C=O) groups is 1. The molecule has 1 N–H and O–H groups in total. The fourth-order valence-electron chi connectivity index (χ4n) is 2.65. The van der Waals surface area contributed by atoms with E-state index in [9.17, 15) is 4.79 Å². The van der Waals surface area contributed by atoms with E-state index >= 15 is 0 Å². The molecular weight excluding hydrogens is 226 g/mol. The zero-order chi connectivity index (χ0) is 13.1. The molecule has 1 fully saturated rings. The van der Waals surface area contributed by atoms with Gasteiger partial charge in [-0.05, 0) is 63.4 Å². The molecule has 3 heteroatoms. The van der Waals surface area contributed by atoms with Crippen molar-refractivity contribution in [3.63, 3.8) is 0 Å². The predicted octanol–water partition coefficient (Wildman–Crippen LogP) is 2.64. The Kier molecular flexibility index (Phi) is 4.02. The van der Waals surface area contributed by atoms with Gasteiger partial charge in [0.05, 0.1) is 12.6 Å². The molecule has 0 radical (unpaired) electrons. The first-order chi connectivity index (χ1) is 8.63. The summed E-state index contributed by atoms with van der Waals surface area (Å²) < 4.78 is 5.50. The third kappa shape index (κ3) is 2.56. The Balaban J connectivity index is 2.29. The summed E-state index contributed by atoms with van der Waals surface area (Å²) in [5.74, 6) is 1.08. The highest BCUT2D eigenvalue weighted by Gasteiger charge is 2.25. The molecule has 1 heterocycles. The van der Waals surface area contributed by atoms with Crippen molar-refractivity contribution in [3.8, 4) is 5.75 Å². The second-order valence-electron chi connectivity index (χ2n) is 4.88. The van der Waals surface area contributed by atoms with Gasteiger partial charge in [0.25, 0.3) is 0 Å². The van der Waals surface area contributed by atoms with Crippen LogP contribution in [-0.4, -0.2) is 25.0 Å². The van der Waals surface area contributed by atoms with Gasteiger partial charge in [-0.15, -0.1) is 0 Å². The van der Waals surface area contributed by atoms with Crippen molar-refractivity contribution in [1.29, 1.82) is 0 Å². The van der Waals surface area contributed by atoms with Crippen LogP contribution in [0.2, 0.25) is 0 Å². The van der Waals surface area contributed by atoms with E-state index in [2.05, 4.69) is 5.32 Å². The molecule has 2 rings (SSSR count). The Morgan fingerprint density at radius 2 is 2.06 bits per heavy atom. The molecule has 0 amide bonds. The fourth-order valence-corrected chi connectivity index (χ4v) is 2.65. The van der Waals surface area contributed by atoms with Gasteiger partial charge in [0.1, 0.15) is 5.75 Å². The van der Waals surface area contributed by atoms with Gasteiger partial charge in [-0.1, -0.05) is 0 Å². The molecule has 1 aliphatic rings. The zero-order valence-electron chi connectivity index (χ0n) is 11.4. The Bertz CT molecular complexity index is 425. The molecular formula is C15H21NO2. The summed E-state index contributed by atoms with van der Waals surface area (Å²) in [4.78, 5) is 12.5. The molecule has 98 valence electrons. The zero-order valence-corrected chi connectivity index (χ0v) is 11.4. The summed E-state index contributed by atoms with van der Waals surface area (Å²) in [6, 6.07) is 3.91. The van der Waals surface area contributed by atoms with E-state index in [0.29, 0.717) is 6.61 Å². The first-order valence-corrected chi connectivity index (χ1v) is 6.65. The summed E-state index contributed by atoms with van der Waals surface area (Å²) in [7, 11) is 0. The van der Waals surface area contributed by atoms with Crippen molar-refractivity contribution in [2.45, 2.75) is 39.7 Å². The molecule has 0 bridgehead atoms. The third-order valence-electron chi connectivity index (χ3n) is 3.44. The number of benzene rings is 1. The molecule has 0 saturated carbocycles. The lowest BCUT2D eigenvalue weighted by Crippen LogP contribution is -2.31. The lowest BCUT2D eigenvalue weighted by Gasteiger charge is -2.15. The quantitative estimate of drug-likeness (QED) is 0.831. The molecule has 1 aromatic rings. The van der Waals surface area contributed by atoms with E-state index in [4.69, 9.17) is 4.74 Å². The smallest absolute Gasteiger partial charge is 0.180 e. The molecule has 3 nitrogen and oxygen atoms in total. The topological polar surface area (TPSA) is 38.3 Å². The minimum Gasteiger partial charge on any atom is -0.494 e. The maximum absolute atomic E-state index is 12.5. The number of rotatable bonds is 4. The highest BCUT2D eigenvalue weighted by atomic mass is 16.5. The first-order valence-electron chi connectivity index (χ1n) is 6.65. The van der Waals surface area contributed by atoms with Crippen molar-refractivity contribution in [2.24, 2.45) is 0 Å².